The standard InChI is InChI=1S/C36H53FN4O3/c1-27-25-40(36(5)16-20-39(21-17-36)34(42)44-35(2,3)4)22-23-41(27)33(30-8-7-9-31(37)24-30)29-14-18-38(19-15-29)26-28-10-12-32(43-6)13-11-28/h7-13,24,27,29,33H,14-23,25-26H2,1-6H3/t27-,33+/m0/s1. The maximum absolute atomic E-state index is 14.6. The molecule has 0 aromatic heterocycles. The predicted molar refractivity (Wildman–Crippen MR) is 173 cm³/mol. The van der Waals surface area contributed by atoms with Crippen LogP contribution in [0.2, 0.25) is 0 Å². The van der Waals surface area contributed by atoms with Crippen LogP contribution in [0.25, 0.3) is 0 Å². The molecule has 0 radical (unpaired) electrons. The van der Waals surface area contributed by atoms with Crippen LogP contribution in [0.15, 0.2) is 48.5 Å². The van der Waals surface area contributed by atoms with Crippen molar-refractivity contribution in [3.8, 4) is 5.75 Å². The minimum Gasteiger partial charge on any atom is -0.497 e. The summed E-state index contributed by atoms with van der Waals surface area (Å²) in [5.41, 5.74) is 1.99. The SMILES string of the molecule is COc1ccc(CN2CCC([C@H](c3cccc(F)c3)N3CCN(C4(C)CCN(C(=O)OC(C)(C)C)CC4)C[C@@H]3C)CC2)cc1. The molecular weight excluding hydrogens is 555 g/mol. The first-order valence-corrected chi connectivity index (χ1v) is 16.5. The predicted octanol–water partition coefficient (Wildman–Crippen LogP) is 6.58. The topological polar surface area (TPSA) is 48.5 Å². The van der Waals surface area contributed by atoms with Crippen molar-refractivity contribution in [3.63, 3.8) is 0 Å². The third kappa shape index (κ3) is 7.93. The Balaban J connectivity index is 1.22. The molecule has 0 N–H and O–H groups in total. The lowest BCUT2D eigenvalue weighted by molar-refractivity contribution is -0.0486. The third-order valence-corrected chi connectivity index (χ3v) is 10.1. The summed E-state index contributed by atoms with van der Waals surface area (Å²) >= 11 is 0. The van der Waals surface area contributed by atoms with Crippen molar-refractivity contribution < 1.29 is 18.7 Å². The Kier molecular flexibility index (Phi) is 10.2. The van der Waals surface area contributed by atoms with Gasteiger partial charge in [-0.15, -0.1) is 0 Å². The maximum Gasteiger partial charge on any atom is 0.410 e. The molecule has 242 valence electrons. The van der Waals surface area contributed by atoms with E-state index in [2.05, 4.69) is 46.7 Å². The average Bonchev–Trinajstić information content (AvgIpc) is 2.99. The Bertz CT molecular complexity index is 1230. The molecule has 2 aromatic rings. The number of piperazine rings is 1. The number of carbonyl (C=O) groups is 1. The van der Waals surface area contributed by atoms with Gasteiger partial charge in [0.15, 0.2) is 0 Å². The van der Waals surface area contributed by atoms with Gasteiger partial charge in [0.25, 0.3) is 0 Å². The summed E-state index contributed by atoms with van der Waals surface area (Å²) in [4.78, 5) is 22.4. The van der Waals surface area contributed by atoms with Gasteiger partial charge in [0.2, 0.25) is 0 Å². The number of methoxy groups -OCH3 is 1. The van der Waals surface area contributed by atoms with Gasteiger partial charge in [-0.05, 0) is 115 Å². The first-order chi connectivity index (χ1) is 20.9. The smallest absolute Gasteiger partial charge is 0.410 e. The van der Waals surface area contributed by atoms with Crippen LogP contribution in [0.4, 0.5) is 9.18 Å². The van der Waals surface area contributed by atoms with E-state index in [0.717, 1.165) is 89.4 Å². The molecule has 0 bridgehead atoms. The largest absolute Gasteiger partial charge is 0.497 e. The monoisotopic (exact) mass is 608 g/mol. The zero-order valence-electron chi connectivity index (χ0n) is 27.7. The normalized spacial score (nSPS) is 23.3. The lowest BCUT2D eigenvalue weighted by Gasteiger charge is -2.54. The molecule has 0 aliphatic carbocycles. The van der Waals surface area contributed by atoms with Crippen molar-refractivity contribution in [2.45, 2.75) is 90.1 Å². The van der Waals surface area contributed by atoms with Gasteiger partial charge in [-0.2, -0.15) is 0 Å². The number of hydrogen-bond donors (Lipinski definition) is 0. The van der Waals surface area contributed by atoms with Crippen LogP contribution in [0.5, 0.6) is 5.75 Å². The van der Waals surface area contributed by atoms with Crippen LogP contribution < -0.4 is 4.74 Å². The molecule has 0 saturated carbocycles. The highest BCUT2D eigenvalue weighted by molar-refractivity contribution is 5.68. The van der Waals surface area contributed by atoms with Crippen molar-refractivity contribution >= 4 is 6.09 Å². The summed E-state index contributed by atoms with van der Waals surface area (Å²) < 4.78 is 25.5. The second-order valence-corrected chi connectivity index (χ2v) is 14.5. The summed E-state index contributed by atoms with van der Waals surface area (Å²) in [6, 6.07) is 16.3. The number of hydrogen-bond acceptors (Lipinski definition) is 6. The van der Waals surface area contributed by atoms with Gasteiger partial charge in [-0.1, -0.05) is 24.3 Å². The van der Waals surface area contributed by atoms with E-state index < -0.39 is 5.60 Å². The average molecular weight is 609 g/mol. The zero-order chi connectivity index (χ0) is 31.5. The number of carbonyl (C=O) groups excluding carboxylic acids is 1. The van der Waals surface area contributed by atoms with E-state index in [-0.39, 0.29) is 23.5 Å². The third-order valence-electron chi connectivity index (χ3n) is 10.1. The Morgan fingerprint density at radius 3 is 2.27 bits per heavy atom. The number of piperidine rings is 2. The van der Waals surface area contributed by atoms with Gasteiger partial charge >= 0.3 is 6.09 Å². The zero-order valence-corrected chi connectivity index (χ0v) is 27.7. The van der Waals surface area contributed by atoms with E-state index in [4.69, 9.17) is 9.47 Å². The molecule has 1 amide bonds. The van der Waals surface area contributed by atoms with E-state index in [1.807, 2.05) is 43.9 Å². The van der Waals surface area contributed by atoms with Gasteiger partial charge in [-0.25, -0.2) is 9.18 Å². The molecule has 3 fully saturated rings. The quantitative estimate of drug-likeness (QED) is 0.354. The van der Waals surface area contributed by atoms with Gasteiger partial charge in [0.1, 0.15) is 17.2 Å². The van der Waals surface area contributed by atoms with Crippen LogP contribution in [0, 0.1) is 11.7 Å². The van der Waals surface area contributed by atoms with E-state index in [1.165, 1.54) is 5.56 Å². The number of nitrogens with zero attached hydrogens (tertiary/aromatic N) is 4. The first-order valence-electron chi connectivity index (χ1n) is 16.5. The van der Waals surface area contributed by atoms with Crippen LogP contribution in [0.3, 0.4) is 0 Å². The summed E-state index contributed by atoms with van der Waals surface area (Å²) in [6.07, 6.45) is 3.88. The molecule has 3 aliphatic heterocycles. The van der Waals surface area contributed by atoms with Crippen molar-refractivity contribution in [2.75, 3.05) is 52.9 Å². The van der Waals surface area contributed by atoms with Gasteiger partial charge in [0.05, 0.1) is 7.11 Å². The van der Waals surface area contributed by atoms with Crippen molar-refractivity contribution in [1.82, 2.24) is 19.6 Å². The van der Waals surface area contributed by atoms with Crippen LogP contribution in [-0.4, -0.2) is 95.8 Å². The fourth-order valence-corrected chi connectivity index (χ4v) is 7.53. The lowest BCUT2D eigenvalue weighted by atomic mass is 9.82. The Morgan fingerprint density at radius 1 is 1.00 bits per heavy atom. The number of ether oxygens (including phenoxy) is 2. The Hall–Kier alpha value is -2.68. The molecule has 8 heteroatoms. The lowest BCUT2D eigenvalue weighted by Crippen LogP contribution is -2.63. The minimum absolute atomic E-state index is 0.0556. The number of likely N-dealkylation sites (tertiary alicyclic amines) is 2. The summed E-state index contributed by atoms with van der Waals surface area (Å²) in [7, 11) is 1.70. The van der Waals surface area contributed by atoms with Crippen LogP contribution >= 0.6 is 0 Å². The molecule has 44 heavy (non-hydrogen) atoms. The van der Waals surface area contributed by atoms with E-state index in [0.29, 0.717) is 12.0 Å². The fraction of sp³-hybridized carbons (Fsp3) is 0.639. The second kappa shape index (κ2) is 13.8. The van der Waals surface area contributed by atoms with E-state index >= 15 is 0 Å². The summed E-state index contributed by atoms with van der Waals surface area (Å²) in [5, 5.41) is 0. The first kappa shape index (κ1) is 32.7. The minimum atomic E-state index is -0.477. The fourth-order valence-electron chi connectivity index (χ4n) is 7.53. The molecule has 0 unspecified atom stereocenters. The van der Waals surface area contributed by atoms with Gasteiger partial charge < -0.3 is 14.4 Å². The van der Waals surface area contributed by atoms with Crippen molar-refractivity contribution in [2.24, 2.45) is 5.92 Å². The second-order valence-electron chi connectivity index (χ2n) is 14.5. The molecule has 3 saturated heterocycles. The molecule has 3 heterocycles. The highest BCUT2D eigenvalue weighted by Gasteiger charge is 2.43. The Labute approximate surface area is 264 Å². The van der Waals surface area contributed by atoms with E-state index in [9.17, 15) is 9.18 Å². The molecule has 2 atom stereocenters. The van der Waals surface area contributed by atoms with Crippen LogP contribution in [-0.2, 0) is 11.3 Å². The number of amides is 1. The number of halogens is 1. The molecule has 2 aromatic carbocycles. The van der Waals surface area contributed by atoms with Crippen molar-refractivity contribution in [1.29, 1.82) is 0 Å². The molecular formula is C36H53FN4O3. The van der Waals surface area contributed by atoms with E-state index in [1.54, 1.807) is 19.2 Å². The Morgan fingerprint density at radius 2 is 1.68 bits per heavy atom. The van der Waals surface area contributed by atoms with Crippen LogP contribution in [0.1, 0.15) is 77.5 Å². The number of rotatable bonds is 7. The van der Waals surface area contributed by atoms with Gasteiger partial charge in [0, 0.05) is 56.9 Å². The van der Waals surface area contributed by atoms with Crippen molar-refractivity contribution in [3.05, 3.63) is 65.5 Å². The molecule has 3 aliphatic rings. The summed E-state index contributed by atoms with van der Waals surface area (Å²) in [5.74, 6) is 1.21. The van der Waals surface area contributed by atoms with Gasteiger partial charge in [-0.3, -0.25) is 14.7 Å². The highest BCUT2D eigenvalue weighted by atomic mass is 19.1. The maximum atomic E-state index is 14.6. The highest BCUT2D eigenvalue weighted by Crippen LogP contribution is 2.40. The summed E-state index contributed by atoms with van der Waals surface area (Å²) in [6.45, 7) is 17.9. The molecule has 5 rings (SSSR count). The number of benzene rings is 2. The molecule has 7 nitrogen and oxygen atoms in total. The molecule has 0 spiro atoms.